The second kappa shape index (κ2) is 8.31. The van der Waals surface area contributed by atoms with Gasteiger partial charge < -0.3 is 9.47 Å². The third kappa shape index (κ3) is 4.58. The molecule has 1 unspecified atom stereocenters. The molecule has 1 aliphatic rings. The predicted molar refractivity (Wildman–Crippen MR) is 94.2 cm³/mol. The summed E-state index contributed by atoms with van der Waals surface area (Å²) in [7, 11) is 0. The first kappa shape index (κ1) is 17.0. The number of aromatic amines is 1. The van der Waals surface area contributed by atoms with Crippen LogP contribution >= 0.6 is 0 Å². The van der Waals surface area contributed by atoms with Crippen LogP contribution in [0.3, 0.4) is 0 Å². The van der Waals surface area contributed by atoms with Crippen molar-refractivity contribution in [3.63, 3.8) is 0 Å². The lowest BCUT2D eigenvalue weighted by Crippen LogP contribution is -2.35. The molecule has 1 atom stereocenters. The molecule has 0 amide bonds. The van der Waals surface area contributed by atoms with Crippen molar-refractivity contribution in [2.75, 3.05) is 26.3 Å². The molecule has 1 N–H and O–H groups in total. The fourth-order valence-electron chi connectivity index (χ4n) is 3.15. The zero-order chi connectivity index (χ0) is 16.8. The van der Waals surface area contributed by atoms with Gasteiger partial charge in [0.15, 0.2) is 0 Å². The Morgan fingerprint density at radius 2 is 2.12 bits per heavy atom. The van der Waals surface area contributed by atoms with E-state index in [1.54, 1.807) is 0 Å². The van der Waals surface area contributed by atoms with Gasteiger partial charge in [0.25, 0.3) is 0 Å². The van der Waals surface area contributed by atoms with Crippen molar-refractivity contribution in [3.8, 4) is 5.75 Å². The molecule has 0 spiro atoms. The Kier molecular flexibility index (Phi) is 5.88. The standard InChI is InChI=1S/C19H27N3O2/c1-15-19(16(2)21-20-15)14-22(13-18-9-6-11-23-18)10-12-24-17-7-4-3-5-8-17/h3-5,7-8,18H,6,9-14H2,1-2H3,(H,20,21). The lowest BCUT2D eigenvalue weighted by molar-refractivity contribution is 0.0652. The molecule has 2 aromatic rings. The van der Waals surface area contributed by atoms with Gasteiger partial charge in [0.1, 0.15) is 12.4 Å². The molecule has 1 saturated heterocycles. The highest BCUT2D eigenvalue weighted by Crippen LogP contribution is 2.17. The summed E-state index contributed by atoms with van der Waals surface area (Å²) >= 11 is 0. The highest BCUT2D eigenvalue weighted by molar-refractivity contribution is 5.23. The van der Waals surface area contributed by atoms with Gasteiger partial charge in [-0.1, -0.05) is 18.2 Å². The van der Waals surface area contributed by atoms with Gasteiger partial charge in [0, 0.05) is 37.5 Å². The number of H-pyrrole nitrogens is 1. The summed E-state index contributed by atoms with van der Waals surface area (Å²) in [5.41, 5.74) is 3.51. The van der Waals surface area contributed by atoms with Crippen molar-refractivity contribution in [2.24, 2.45) is 0 Å². The third-order valence-electron chi connectivity index (χ3n) is 4.57. The summed E-state index contributed by atoms with van der Waals surface area (Å²) < 4.78 is 11.7. The molecule has 1 aromatic heterocycles. The maximum atomic E-state index is 5.87. The highest BCUT2D eigenvalue weighted by Gasteiger charge is 2.21. The van der Waals surface area contributed by atoms with Crippen LogP contribution in [0.5, 0.6) is 5.75 Å². The molecule has 5 heteroatoms. The first-order valence-electron chi connectivity index (χ1n) is 8.74. The molecule has 1 aromatic carbocycles. The van der Waals surface area contributed by atoms with Crippen molar-refractivity contribution in [1.29, 1.82) is 0 Å². The highest BCUT2D eigenvalue weighted by atomic mass is 16.5. The Morgan fingerprint density at radius 1 is 1.29 bits per heavy atom. The molecule has 2 heterocycles. The largest absolute Gasteiger partial charge is 0.492 e. The van der Waals surface area contributed by atoms with Crippen LogP contribution in [-0.2, 0) is 11.3 Å². The fourth-order valence-corrected chi connectivity index (χ4v) is 3.15. The number of aryl methyl sites for hydroxylation is 2. The van der Waals surface area contributed by atoms with Crippen molar-refractivity contribution in [3.05, 3.63) is 47.3 Å². The lowest BCUT2D eigenvalue weighted by Gasteiger charge is -2.25. The SMILES string of the molecule is Cc1n[nH]c(C)c1CN(CCOc1ccccc1)CC1CCCO1. The molecule has 24 heavy (non-hydrogen) atoms. The van der Waals surface area contributed by atoms with Gasteiger partial charge in [-0.2, -0.15) is 5.10 Å². The molecular weight excluding hydrogens is 302 g/mol. The van der Waals surface area contributed by atoms with Crippen LogP contribution < -0.4 is 4.74 Å². The Hall–Kier alpha value is -1.85. The van der Waals surface area contributed by atoms with Crippen LogP contribution in [0, 0.1) is 13.8 Å². The number of rotatable bonds is 8. The van der Waals surface area contributed by atoms with Crippen LogP contribution in [-0.4, -0.2) is 47.5 Å². The average Bonchev–Trinajstić information content (AvgIpc) is 3.21. The van der Waals surface area contributed by atoms with Crippen molar-refractivity contribution >= 4 is 0 Å². The molecule has 0 aliphatic carbocycles. The topological polar surface area (TPSA) is 50.4 Å². The van der Waals surface area contributed by atoms with Crippen LogP contribution in [0.15, 0.2) is 30.3 Å². The van der Waals surface area contributed by atoms with Gasteiger partial charge in [-0.25, -0.2) is 0 Å². The number of benzene rings is 1. The Balaban J connectivity index is 1.58. The van der Waals surface area contributed by atoms with E-state index < -0.39 is 0 Å². The minimum Gasteiger partial charge on any atom is -0.492 e. The maximum absolute atomic E-state index is 5.87. The van der Waals surface area contributed by atoms with E-state index in [-0.39, 0.29) is 0 Å². The summed E-state index contributed by atoms with van der Waals surface area (Å²) in [6, 6.07) is 9.99. The van der Waals surface area contributed by atoms with E-state index in [1.165, 1.54) is 12.0 Å². The van der Waals surface area contributed by atoms with Crippen LogP contribution in [0.1, 0.15) is 29.8 Å². The Labute approximate surface area is 144 Å². The maximum Gasteiger partial charge on any atom is 0.119 e. The van der Waals surface area contributed by atoms with E-state index in [0.717, 1.165) is 49.8 Å². The number of nitrogens with zero attached hydrogens (tertiary/aromatic N) is 2. The molecule has 0 saturated carbocycles. The zero-order valence-electron chi connectivity index (χ0n) is 14.6. The van der Waals surface area contributed by atoms with E-state index in [4.69, 9.17) is 9.47 Å². The average molecular weight is 329 g/mol. The predicted octanol–water partition coefficient (Wildman–Crippen LogP) is 3.09. The van der Waals surface area contributed by atoms with Gasteiger partial charge in [-0.05, 0) is 38.8 Å². The number of aromatic nitrogens is 2. The molecular formula is C19H27N3O2. The zero-order valence-corrected chi connectivity index (χ0v) is 14.6. The molecule has 3 rings (SSSR count). The van der Waals surface area contributed by atoms with Gasteiger partial charge in [-0.15, -0.1) is 0 Å². The first-order chi connectivity index (χ1) is 11.7. The van der Waals surface area contributed by atoms with E-state index in [1.807, 2.05) is 30.3 Å². The summed E-state index contributed by atoms with van der Waals surface area (Å²) in [5, 5.41) is 7.39. The van der Waals surface area contributed by atoms with Gasteiger partial charge in [0.2, 0.25) is 0 Å². The lowest BCUT2D eigenvalue weighted by atomic mass is 10.1. The van der Waals surface area contributed by atoms with Crippen molar-refractivity contribution in [2.45, 2.75) is 39.3 Å². The molecule has 1 fully saturated rings. The van der Waals surface area contributed by atoms with E-state index >= 15 is 0 Å². The second-order valence-electron chi connectivity index (χ2n) is 6.44. The molecule has 0 radical (unpaired) electrons. The first-order valence-corrected chi connectivity index (χ1v) is 8.74. The minimum absolute atomic E-state index is 0.342. The van der Waals surface area contributed by atoms with E-state index in [2.05, 4.69) is 28.9 Å². The van der Waals surface area contributed by atoms with Crippen molar-refractivity contribution < 1.29 is 9.47 Å². The van der Waals surface area contributed by atoms with Gasteiger partial charge in [-0.3, -0.25) is 10.00 Å². The minimum atomic E-state index is 0.342. The van der Waals surface area contributed by atoms with Crippen LogP contribution in [0.2, 0.25) is 0 Å². The molecule has 0 bridgehead atoms. The fraction of sp³-hybridized carbons (Fsp3) is 0.526. The molecule has 5 nitrogen and oxygen atoms in total. The quantitative estimate of drug-likeness (QED) is 0.808. The van der Waals surface area contributed by atoms with Crippen LogP contribution in [0.4, 0.5) is 0 Å². The van der Waals surface area contributed by atoms with Crippen LogP contribution in [0.25, 0.3) is 0 Å². The van der Waals surface area contributed by atoms with Gasteiger partial charge in [0.05, 0.1) is 11.8 Å². The monoisotopic (exact) mass is 329 g/mol. The number of hydrogen-bond donors (Lipinski definition) is 1. The number of ether oxygens (including phenoxy) is 2. The number of para-hydroxylation sites is 1. The second-order valence-corrected chi connectivity index (χ2v) is 6.44. The number of nitrogens with one attached hydrogen (secondary N) is 1. The third-order valence-corrected chi connectivity index (χ3v) is 4.57. The smallest absolute Gasteiger partial charge is 0.119 e. The molecule has 1 aliphatic heterocycles. The number of hydrogen-bond acceptors (Lipinski definition) is 4. The van der Waals surface area contributed by atoms with E-state index in [0.29, 0.717) is 12.7 Å². The normalized spacial score (nSPS) is 17.5. The summed E-state index contributed by atoms with van der Waals surface area (Å²) in [5.74, 6) is 0.922. The van der Waals surface area contributed by atoms with Crippen molar-refractivity contribution in [1.82, 2.24) is 15.1 Å². The summed E-state index contributed by atoms with van der Waals surface area (Å²) in [6.45, 7) is 8.41. The van der Waals surface area contributed by atoms with Gasteiger partial charge >= 0.3 is 0 Å². The summed E-state index contributed by atoms with van der Waals surface area (Å²) in [6.07, 6.45) is 2.66. The summed E-state index contributed by atoms with van der Waals surface area (Å²) in [4.78, 5) is 2.42. The Bertz CT molecular complexity index is 601. The molecule has 130 valence electrons. The van der Waals surface area contributed by atoms with E-state index in [9.17, 15) is 0 Å². The Morgan fingerprint density at radius 3 is 2.79 bits per heavy atom.